The van der Waals surface area contributed by atoms with Gasteiger partial charge in [0.25, 0.3) is 0 Å². The second-order valence-corrected chi connectivity index (χ2v) is 11.8. The third-order valence-corrected chi connectivity index (χ3v) is 7.99. The van der Waals surface area contributed by atoms with E-state index in [2.05, 4.69) is 19.2 Å². The number of aliphatic hydroxyl groups excluding tert-OH is 1. The minimum Gasteiger partial charge on any atom is -0.379 e. The highest BCUT2D eigenvalue weighted by atomic mass is 16.3. The summed E-state index contributed by atoms with van der Waals surface area (Å²) in [5.74, 6) is 0. The van der Waals surface area contributed by atoms with Crippen LogP contribution in [0.1, 0.15) is 206 Å². The van der Waals surface area contributed by atoms with Crippen molar-refractivity contribution in [2.24, 2.45) is 0 Å². The van der Waals surface area contributed by atoms with Crippen molar-refractivity contribution in [3.8, 4) is 0 Å². The second kappa shape index (κ2) is 32.9. The Morgan fingerprint density at radius 3 is 0.917 bits per heavy atom. The summed E-state index contributed by atoms with van der Waals surface area (Å²) in [6, 6.07) is 0. The molecular weight excluding hydrogens is 438 g/mol. The van der Waals surface area contributed by atoms with Crippen molar-refractivity contribution in [2.45, 2.75) is 213 Å². The average Bonchev–Trinajstić information content (AvgIpc) is 2.88. The highest BCUT2D eigenvalue weighted by Crippen LogP contribution is 2.15. The molecule has 0 heterocycles. The third-order valence-electron chi connectivity index (χ3n) is 7.99. The molecule has 0 saturated heterocycles. The molecule has 218 valence electrons. The third kappa shape index (κ3) is 31.9. The highest BCUT2D eigenvalue weighted by molar-refractivity contribution is 4.57. The Labute approximate surface area is 229 Å². The molecule has 0 rings (SSSR count). The first-order chi connectivity index (χ1) is 17.8. The number of hydrogen-bond donors (Lipinski definition) is 2. The second-order valence-electron chi connectivity index (χ2n) is 11.8. The van der Waals surface area contributed by atoms with Crippen molar-refractivity contribution in [2.75, 3.05) is 6.54 Å². The van der Waals surface area contributed by atoms with Crippen LogP contribution in [0, 0.1) is 0 Å². The first-order valence-electron chi connectivity index (χ1n) is 17.2. The van der Waals surface area contributed by atoms with Crippen LogP contribution in [0.4, 0.5) is 0 Å². The Balaban J connectivity index is 3.13. The number of aliphatic hydroxyl groups is 1. The summed E-state index contributed by atoms with van der Waals surface area (Å²) in [5, 5.41) is 13.5. The van der Waals surface area contributed by atoms with Crippen LogP contribution in [-0.2, 0) is 0 Å². The molecular formula is C34H71NO. The summed E-state index contributed by atoms with van der Waals surface area (Å²) in [6.45, 7) is 5.57. The highest BCUT2D eigenvalue weighted by Gasteiger charge is 2.02. The van der Waals surface area contributed by atoms with Gasteiger partial charge < -0.3 is 5.11 Å². The fraction of sp³-hybridized carbons (Fsp3) is 1.00. The Kier molecular flexibility index (Phi) is 32.9. The predicted octanol–water partition coefficient (Wildman–Crippen LogP) is 11.6. The zero-order valence-corrected chi connectivity index (χ0v) is 25.4. The van der Waals surface area contributed by atoms with Crippen molar-refractivity contribution in [3.63, 3.8) is 0 Å². The van der Waals surface area contributed by atoms with E-state index in [0.717, 1.165) is 13.0 Å². The van der Waals surface area contributed by atoms with Crippen LogP contribution in [0.2, 0.25) is 0 Å². The van der Waals surface area contributed by atoms with Crippen LogP contribution in [0.5, 0.6) is 0 Å². The first-order valence-corrected chi connectivity index (χ1v) is 17.2. The molecule has 0 aromatic heterocycles. The molecule has 0 radical (unpaired) electrons. The fourth-order valence-corrected chi connectivity index (χ4v) is 5.40. The smallest absolute Gasteiger partial charge is 0.104 e. The van der Waals surface area contributed by atoms with Gasteiger partial charge in [-0.1, -0.05) is 187 Å². The van der Waals surface area contributed by atoms with Crippen molar-refractivity contribution < 1.29 is 5.11 Å². The lowest BCUT2D eigenvalue weighted by Crippen LogP contribution is -2.29. The van der Waals surface area contributed by atoms with Crippen LogP contribution in [-0.4, -0.2) is 17.9 Å². The molecule has 1 unspecified atom stereocenters. The summed E-state index contributed by atoms with van der Waals surface area (Å²) in [7, 11) is 0. The summed E-state index contributed by atoms with van der Waals surface area (Å²) < 4.78 is 0. The maximum absolute atomic E-state index is 10.1. The number of nitrogens with one attached hydrogen (secondary N) is 1. The monoisotopic (exact) mass is 510 g/mol. The van der Waals surface area contributed by atoms with Gasteiger partial charge in [-0.3, -0.25) is 5.32 Å². The quantitative estimate of drug-likeness (QED) is 0.0698. The fourth-order valence-electron chi connectivity index (χ4n) is 5.40. The van der Waals surface area contributed by atoms with Crippen LogP contribution in [0.15, 0.2) is 0 Å². The van der Waals surface area contributed by atoms with Crippen LogP contribution >= 0.6 is 0 Å². The number of rotatable bonds is 32. The zero-order chi connectivity index (χ0) is 26.2. The molecule has 2 heteroatoms. The van der Waals surface area contributed by atoms with E-state index < -0.39 is 0 Å². The molecule has 2 N–H and O–H groups in total. The summed E-state index contributed by atoms with van der Waals surface area (Å²) in [5.41, 5.74) is 0. The Bertz CT molecular complexity index is 372. The summed E-state index contributed by atoms with van der Waals surface area (Å²) in [6.07, 6.45) is 41.3. The Hall–Kier alpha value is -0.0800. The molecule has 0 spiro atoms. The Morgan fingerprint density at radius 1 is 0.361 bits per heavy atom. The minimum absolute atomic E-state index is 0.283. The lowest BCUT2D eigenvalue weighted by molar-refractivity contribution is 0.124. The number of hydrogen-bond acceptors (Lipinski definition) is 2. The van der Waals surface area contributed by atoms with E-state index in [4.69, 9.17) is 0 Å². The molecule has 36 heavy (non-hydrogen) atoms. The van der Waals surface area contributed by atoms with Gasteiger partial charge in [0.2, 0.25) is 0 Å². The van der Waals surface area contributed by atoms with Gasteiger partial charge in [-0.15, -0.1) is 0 Å². The molecule has 0 aliphatic heterocycles. The van der Waals surface area contributed by atoms with E-state index in [1.807, 2.05) is 0 Å². The lowest BCUT2D eigenvalue weighted by atomic mass is 10.0. The standard InChI is InChI=1S/C34H71NO/c1-3-5-7-9-11-13-15-17-18-19-20-21-22-24-26-28-30-32-34(36)35-33-31-29-27-25-23-16-14-12-10-8-6-4-2/h34-36H,3-33H2,1-2H3. The molecule has 0 bridgehead atoms. The maximum atomic E-state index is 10.1. The van der Waals surface area contributed by atoms with E-state index in [0.29, 0.717) is 0 Å². The average molecular weight is 510 g/mol. The van der Waals surface area contributed by atoms with Gasteiger partial charge in [-0.2, -0.15) is 0 Å². The lowest BCUT2D eigenvalue weighted by Gasteiger charge is -2.12. The van der Waals surface area contributed by atoms with Crippen molar-refractivity contribution >= 4 is 0 Å². The van der Waals surface area contributed by atoms with Gasteiger partial charge >= 0.3 is 0 Å². The Morgan fingerprint density at radius 2 is 0.611 bits per heavy atom. The normalized spacial score (nSPS) is 12.4. The van der Waals surface area contributed by atoms with E-state index >= 15 is 0 Å². The molecule has 1 atom stereocenters. The molecule has 0 fully saturated rings. The van der Waals surface area contributed by atoms with Gasteiger partial charge in [-0.25, -0.2) is 0 Å². The molecule has 0 aliphatic carbocycles. The minimum atomic E-state index is -0.283. The van der Waals surface area contributed by atoms with E-state index in [1.165, 1.54) is 186 Å². The van der Waals surface area contributed by atoms with Crippen LogP contribution in [0.25, 0.3) is 0 Å². The van der Waals surface area contributed by atoms with E-state index in [1.54, 1.807) is 0 Å². The van der Waals surface area contributed by atoms with Crippen molar-refractivity contribution in [3.05, 3.63) is 0 Å². The largest absolute Gasteiger partial charge is 0.379 e. The number of unbranched alkanes of at least 4 members (excludes halogenated alkanes) is 27. The maximum Gasteiger partial charge on any atom is 0.104 e. The summed E-state index contributed by atoms with van der Waals surface area (Å²) >= 11 is 0. The first kappa shape index (κ1) is 35.9. The van der Waals surface area contributed by atoms with Crippen molar-refractivity contribution in [1.82, 2.24) is 5.32 Å². The molecule has 0 aromatic rings. The van der Waals surface area contributed by atoms with Gasteiger partial charge in [0.15, 0.2) is 0 Å². The zero-order valence-electron chi connectivity index (χ0n) is 25.4. The van der Waals surface area contributed by atoms with Crippen molar-refractivity contribution in [1.29, 1.82) is 0 Å². The molecule has 0 amide bonds. The van der Waals surface area contributed by atoms with Crippen LogP contribution in [0.3, 0.4) is 0 Å². The van der Waals surface area contributed by atoms with Gasteiger partial charge in [0.1, 0.15) is 6.23 Å². The van der Waals surface area contributed by atoms with Gasteiger partial charge in [0.05, 0.1) is 0 Å². The van der Waals surface area contributed by atoms with Gasteiger partial charge in [0, 0.05) is 0 Å². The molecule has 0 saturated carbocycles. The predicted molar refractivity (Wildman–Crippen MR) is 164 cm³/mol. The molecule has 0 aliphatic rings. The SMILES string of the molecule is CCCCCCCCCCCCCCCCCCCC(O)NCCCCCCCCCCCCCC. The molecule has 0 aromatic carbocycles. The summed E-state index contributed by atoms with van der Waals surface area (Å²) in [4.78, 5) is 0. The topological polar surface area (TPSA) is 32.3 Å². The van der Waals surface area contributed by atoms with E-state index in [9.17, 15) is 5.11 Å². The van der Waals surface area contributed by atoms with Gasteiger partial charge in [-0.05, 0) is 25.8 Å². The van der Waals surface area contributed by atoms with Crippen LogP contribution < -0.4 is 5.32 Å². The van der Waals surface area contributed by atoms with E-state index in [-0.39, 0.29) is 6.23 Å². The molecule has 2 nitrogen and oxygen atoms in total.